The van der Waals surface area contributed by atoms with E-state index >= 15 is 0 Å². The number of ketones is 1. The molecule has 0 spiro atoms. The van der Waals surface area contributed by atoms with Crippen molar-refractivity contribution in [3.8, 4) is 0 Å². The molecular formula is C11H12O5. The average Bonchev–Trinajstić information content (AvgIpc) is 2.57. The first-order valence-electron chi connectivity index (χ1n) is 4.81. The van der Waals surface area contributed by atoms with Crippen LogP contribution in [0.25, 0.3) is 0 Å². The van der Waals surface area contributed by atoms with Crippen molar-refractivity contribution in [1.82, 2.24) is 0 Å². The summed E-state index contributed by atoms with van der Waals surface area (Å²) in [4.78, 5) is 23.2. The van der Waals surface area contributed by atoms with Gasteiger partial charge in [0, 0.05) is 0 Å². The second-order valence-electron chi connectivity index (χ2n) is 3.79. The van der Waals surface area contributed by atoms with Crippen molar-refractivity contribution in [2.45, 2.75) is 18.6 Å². The van der Waals surface area contributed by atoms with Gasteiger partial charge in [-0.15, -0.1) is 0 Å². The average molecular weight is 224 g/mol. The molecule has 0 aromatic rings. The Kier molecular flexibility index (Phi) is 2.35. The topological polar surface area (TPSA) is 61.8 Å². The second kappa shape index (κ2) is 3.45. The van der Waals surface area contributed by atoms with Crippen LogP contribution < -0.4 is 0 Å². The Hall–Kier alpha value is -1.62. The lowest BCUT2D eigenvalue weighted by Crippen LogP contribution is -2.38. The zero-order valence-corrected chi connectivity index (χ0v) is 9.27. The summed E-state index contributed by atoms with van der Waals surface area (Å²) in [5.74, 6) is -0.556. The molecule has 0 unspecified atom stereocenters. The van der Waals surface area contributed by atoms with Crippen molar-refractivity contribution in [3.05, 3.63) is 23.5 Å². The van der Waals surface area contributed by atoms with Crippen LogP contribution in [0.4, 0.5) is 0 Å². The molecule has 86 valence electrons. The van der Waals surface area contributed by atoms with E-state index in [0.717, 1.165) is 0 Å². The molecule has 2 atom stereocenters. The minimum atomic E-state index is -0.934. The van der Waals surface area contributed by atoms with E-state index in [9.17, 15) is 9.59 Å². The number of Topliss-reactive ketones (excluding diaryl/α,β-unsaturated/α-hetero) is 1. The molecule has 0 saturated heterocycles. The van der Waals surface area contributed by atoms with Crippen LogP contribution >= 0.6 is 0 Å². The monoisotopic (exact) mass is 224 g/mol. The van der Waals surface area contributed by atoms with Crippen LogP contribution in [0.5, 0.6) is 0 Å². The molecule has 5 nitrogen and oxygen atoms in total. The lowest BCUT2D eigenvalue weighted by molar-refractivity contribution is -0.141. The van der Waals surface area contributed by atoms with Crippen LogP contribution in [0.3, 0.4) is 0 Å². The summed E-state index contributed by atoms with van der Waals surface area (Å²) in [5.41, 5.74) is -0.600. The molecule has 0 amide bonds. The maximum atomic E-state index is 11.7. The molecule has 2 heterocycles. The Morgan fingerprint density at radius 1 is 1.50 bits per heavy atom. The summed E-state index contributed by atoms with van der Waals surface area (Å²) in [6, 6.07) is 0. The quantitative estimate of drug-likeness (QED) is 0.633. The summed E-state index contributed by atoms with van der Waals surface area (Å²) in [6.07, 6.45) is 2.23. The Labute approximate surface area is 92.7 Å². The van der Waals surface area contributed by atoms with Crippen molar-refractivity contribution >= 4 is 11.8 Å². The van der Waals surface area contributed by atoms with Crippen molar-refractivity contribution in [1.29, 1.82) is 0 Å². The number of fused-ring (bicyclic) bond motifs is 2. The first kappa shape index (κ1) is 10.9. The number of hydrogen-bond acceptors (Lipinski definition) is 5. The van der Waals surface area contributed by atoms with Crippen molar-refractivity contribution in [3.63, 3.8) is 0 Å². The third-order valence-corrected chi connectivity index (χ3v) is 2.76. The summed E-state index contributed by atoms with van der Waals surface area (Å²) in [7, 11) is 2.70. The van der Waals surface area contributed by atoms with Gasteiger partial charge in [-0.3, -0.25) is 4.79 Å². The Morgan fingerprint density at radius 3 is 2.75 bits per heavy atom. The van der Waals surface area contributed by atoms with Crippen LogP contribution in [0.1, 0.15) is 6.92 Å². The number of esters is 1. The molecule has 2 rings (SSSR count). The van der Waals surface area contributed by atoms with Gasteiger partial charge in [-0.1, -0.05) is 0 Å². The number of hydrogen-bond donors (Lipinski definition) is 0. The minimum Gasteiger partial charge on any atom is -0.493 e. The largest absolute Gasteiger partial charge is 0.493 e. The lowest BCUT2D eigenvalue weighted by atomic mass is 9.96. The molecule has 2 bridgehead atoms. The third kappa shape index (κ3) is 1.36. The van der Waals surface area contributed by atoms with E-state index in [1.165, 1.54) is 26.4 Å². The highest BCUT2D eigenvalue weighted by Gasteiger charge is 2.48. The van der Waals surface area contributed by atoms with E-state index in [1.54, 1.807) is 6.92 Å². The molecule has 2 aliphatic heterocycles. The number of carbonyl (C=O) groups is 2. The van der Waals surface area contributed by atoms with E-state index in [-0.39, 0.29) is 11.5 Å². The van der Waals surface area contributed by atoms with Crippen LogP contribution in [-0.2, 0) is 23.8 Å². The van der Waals surface area contributed by atoms with Crippen LogP contribution in [0.15, 0.2) is 23.5 Å². The van der Waals surface area contributed by atoms with E-state index in [4.69, 9.17) is 9.47 Å². The Bertz CT molecular complexity index is 420. The maximum absolute atomic E-state index is 11.7. The molecule has 0 aromatic carbocycles. The molecule has 0 aliphatic carbocycles. The molecule has 0 N–H and O–H groups in total. The van der Waals surface area contributed by atoms with Crippen LogP contribution in [-0.4, -0.2) is 37.7 Å². The highest BCUT2D eigenvalue weighted by atomic mass is 16.5. The standard InChI is InChI=1S/C11H12O5/c1-11-5-8(14-2)9(12)7(16-11)4-6(11)10(13)15-3/h4-5,7H,1-3H3/t7-,11-/m0/s1. The first-order chi connectivity index (χ1) is 7.51. The van der Waals surface area contributed by atoms with Crippen molar-refractivity contribution < 1.29 is 23.8 Å². The summed E-state index contributed by atoms with van der Waals surface area (Å²) in [5, 5.41) is 0. The van der Waals surface area contributed by atoms with E-state index in [0.29, 0.717) is 5.57 Å². The second-order valence-corrected chi connectivity index (χ2v) is 3.79. The summed E-state index contributed by atoms with van der Waals surface area (Å²) >= 11 is 0. The van der Waals surface area contributed by atoms with E-state index in [2.05, 4.69) is 4.74 Å². The van der Waals surface area contributed by atoms with Crippen LogP contribution in [0.2, 0.25) is 0 Å². The molecule has 16 heavy (non-hydrogen) atoms. The molecule has 5 heteroatoms. The lowest BCUT2D eigenvalue weighted by Gasteiger charge is -2.28. The molecule has 0 saturated carbocycles. The third-order valence-electron chi connectivity index (χ3n) is 2.76. The molecular weight excluding hydrogens is 212 g/mol. The SMILES string of the molecule is COC(=O)C1=C[C@@H]2O[C@@]1(C)C=C(OC)C2=O. The van der Waals surface area contributed by atoms with E-state index < -0.39 is 17.7 Å². The Balaban J connectivity index is 2.45. The zero-order chi connectivity index (χ0) is 11.9. The minimum absolute atomic E-state index is 0.217. The number of ether oxygens (including phenoxy) is 3. The maximum Gasteiger partial charge on any atom is 0.336 e. The zero-order valence-electron chi connectivity index (χ0n) is 9.27. The van der Waals surface area contributed by atoms with Gasteiger partial charge in [0.05, 0.1) is 19.8 Å². The van der Waals surface area contributed by atoms with Gasteiger partial charge in [0.2, 0.25) is 5.78 Å². The van der Waals surface area contributed by atoms with Gasteiger partial charge in [0.25, 0.3) is 0 Å². The predicted molar refractivity (Wildman–Crippen MR) is 53.5 cm³/mol. The highest BCUT2D eigenvalue weighted by Crippen LogP contribution is 2.38. The van der Waals surface area contributed by atoms with Crippen molar-refractivity contribution in [2.24, 2.45) is 0 Å². The Morgan fingerprint density at radius 2 is 2.19 bits per heavy atom. The smallest absolute Gasteiger partial charge is 0.336 e. The molecule has 0 fully saturated rings. The van der Waals surface area contributed by atoms with Crippen molar-refractivity contribution in [2.75, 3.05) is 14.2 Å². The highest BCUT2D eigenvalue weighted by molar-refractivity contribution is 6.04. The van der Waals surface area contributed by atoms with Gasteiger partial charge < -0.3 is 14.2 Å². The van der Waals surface area contributed by atoms with Crippen LogP contribution in [0, 0.1) is 0 Å². The fourth-order valence-electron chi connectivity index (χ4n) is 1.92. The van der Waals surface area contributed by atoms with E-state index in [1.807, 2.05) is 0 Å². The first-order valence-corrected chi connectivity index (χ1v) is 4.81. The number of rotatable bonds is 2. The summed E-state index contributed by atoms with van der Waals surface area (Å²) in [6.45, 7) is 1.70. The normalized spacial score (nSPS) is 31.9. The molecule has 0 aromatic heterocycles. The van der Waals surface area contributed by atoms with Gasteiger partial charge in [-0.05, 0) is 19.1 Å². The van der Waals surface area contributed by atoms with Gasteiger partial charge in [-0.2, -0.15) is 0 Å². The molecule has 2 aliphatic rings. The number of carbonyl (C=O) groups excluding carboxylic acids is 2. The fraction of sp³-hybridized carbons (Fsp3) is 0.455. The summed E-state index contributed by atoms with van der Waals surface area (Å²) < 4.78 is 15.1. The number of methoxy groups -OCH3 is 2. The van der Waals surface area contributed by atoms with Gasteiger partial charge in [-0.25, -0.2) is 4.79 Å². The fourth-order valence-corrected chi connectivity index (χ4v) is 1.92. The van der Waals surface area contributed by atoms with Gasteiger partial charge in [0.15, 0.2) is 5.76 Å². The van der Waals surface area contributed by atoms with Gasteiger partial charge in [0.1, 0.15) is 11.7 Å². The van der Waals surface area contributed by atoms with Gasteiger partial charge >= 0.3 is 5.97 Å². The molecule has 0 radical (unpaired) electrons. The predicted octanol–water partition coefficient (Wildman–Crippen LogP) is 0.356.